The van der Waals surface area contributed by atoms with E-state index in [-0.39, 0.29) is 35.9 Å². The van der Waals surface area contributed by atoms with Crippen LogP contribution in [0.2, 0.25) is 0 Å². The summed E-state index contributed by atoms with van der Waals surface area (Å²) in [6.45, 7) is 7.02. The molecule has 2 aromatic rings. The minimum Gasteiger partial charge on any atom is -0.350 e. The van der Waals surface area contributed by atoms with Gasteiger partial charge in [0.25, 0.3) is 15.9 Å². The van der Waals surface area contributed by atoms with E-state index in [1.165, 1.54) is 17.0 Å². The molecular weight excluding hydrogens is 522 g/mol. The molecule has 1 heterocycles. The summed E-state index contributed by atoms with van der Waals surface area (Å²) >= 11 is 3.38. The first-order chi connectivity index (χ1) is 15.8. The van der Waals surface area contributed by atoms with Gasteiger partial charge in [-0.05, 0) is 57.5 Å². The summed E-state index contributed by atoms with van der Waals surface area (Å²) in [5.74, 6) is -1.41. The zero-order valence-corrected chi connectivity index (χ0v) is 21.9. The van der Waals surface area contributed by atoms with E-state index in [2.05, 4.69) is 21.2 Å². The van der Waals surface area contributed by atoms with E-state index in [1.54, 1.807) is 19.1 Å². The fourth-order valence-electron chi connectivity index (χ4n) is 3.64. The van der Waals surface area contributed by atoms with Crippen LogP contribution in [0.15, 0.2) is 57.9 Å². The number of halogens is 1. The normalized spacial score (nSPS) is 15.6. The molecule has 0 radical (unpaired) electrons. The highest BCUT2D eigenvalue weighted by atomic mass is 79.9. The molecule has 1 N–H and O–H groups in total. The molecule has 10 heteroatoms. The summed E-state index contributed by atoms with van der Waals surface area (Å²) in [5.41, 5.74) is 0.420. The molecule has 1 unspecified atom stereocenters. The molecule has 1 atom stereocenters. The largest absolute Gasteiger partial charge is 0.350 e. The fourth-order valence-corrected chi connectivity index (χ4v) is 5.47. The van der Waals surface area contributed by atoms with Crippen LogP contribution in [0.25, 0.3) is 0 Å². The zero-order valence-electron chi connectivity index (χ0n) is 19.5. The van der Waals surface area contributed by atoms with Gasteiger partial charge < -0.3 is 10.2 Å². The zero-order chi connectivity index (χ0) is 25.3. The Labute approximate surface area is 208 Å². The third-order valence-corrected chi connectivity index (χ3v) is 7.74. The molecule has 0 aliphatic carbocycles. The highest BCUT2D eigenvalue weighted by molar-refractivity contribution is 9.10. The van der Waals surface area contributed by atoms with Gasteiger partial charge in [-0.25, -0.2) is 12.7 Å². The molecule has 34 heavy (non-hydrogen) atoms. The van der Waals surface area contributed by atoms with Gasteiger partial charge in [0.05, 0.1) is 5.56 Å². The van der Waals surface area contributed by atoms with Crippen LogP contribution >= 0.6 is 15.9 Å². The average Bonchev–Trinajstić information content (AvgIpc) is 2.95. The van der Waals surface area contributed by atoms with E-state index >= 15 is 0 Å². The number of carbonyl (C=O) groups excluding carboxylic acids is 3. The van der Waals surface area contributed by atoms with Crippen LogP contribution in [0.5, 0.6) is 0 Å². The summed E-state index contributed by atoms with van der Waals surface area (Å²) < 4.78 is 27.2. The van der Waals surface area contributed by atoms with Crippen molar-refractivity contribution < 1.29 is 22.8 Å². The summed E-state index contributed by atoms with van der Waals surface area (Å²) in [7, 11) is -4.01. The van der Waals surface area contributed by atoms with E-state index in [4.69, 9.17) is 0 Å². The predicted octanol–water partition coefficient (Wildman–Crippen LogP) is 3.32. The fraction of sp³-hybridized carbons (Fsp3) is 0.375. The first-order valence-electron chi connectivity index (χ1n) is 10.8. The Hall–Kier alpha value is -2.72. The number of benzene rings is 2. The third-order valence-electron chi connectivity index (χ3n) is 5.37. The average molecular weight is 550 g/mol. The van der Waals surface area contributed by atoms with Crippen molar-refractivity contribution in [3.8, 4) is 0 Å². The Morgan fingerprint density at radius 2 is 1.71 bits per heavy atom. The molecule has 1 aliphatic rings. The van der Waals surface area contributed by atoms with Gasteiger partial charge in [0.2, 0.25) is 11.8 Å². The molecule has 0 saturated carbocycles. The van der Waals surface area contributed by atoms with Crippen molar-refractivity contribution in [2.75, 3.05) is 6.54 Å². The minimum atomic E-state index is -4.01. The number of carbonyl (C=O) groups is 3. The van der Waals surface area contributed by atoms with Crippen LogP contribution in [-0.4, -0.2) is 53.5 Å². The predicted molar refractivity (Wildman–Crippen MR) is 131 cm³/mol. The Kier molecular flexibility index (Phi) is 7.52. The second kappa shape index (κ2) is 9.87. The van der Waals surface area contributed by atoms with Gasteiger partial charge in [-0.3, -0.25) is 14.4 Å². The number of sulfonamides is 1. The first kappa shape index (κ1) is 25.9. The van der Waals surface area contributed by atoms with Crippen LogP contribution in [0.4, 0.5) is 0 Å². The van der Waals surface area contributed by atoms with Crippen LogP contribution in [0, 0.1) is 0 Å². The highest BCUT2D eigenvalue weighted by Crippen LogP contribution is 2.30. The number of nitrogens with zero attached hydrogens (tertiary/aromatic N) is 2. The van der Waals surface area contributed by atoms with E-state index in [0.29, 0.717) is 0 Å². The molecule has 182 valence electrons. The summed E-state index contributed by atoms with van der Waals surface area (Å²) in [5, 5.41) is 2.88. The minimum absolute atomic E-state index is 0.0582. The van der Waals surface area contributed by atoms with Crippen molar-refractivity contribution >= 4 is 43.7 Å². The van der Waals surface area contributed by atoms with E-state index in [9.17, 15) is 22.8 Å². The Morgan fingerprint density at radius 3 is 2.29 bits per heavy atom. The number of hydrogen-bond acceptors (Lipinski definition) is 5. The highest BCUT2D eigenvalue weighted by Gasteiger charge is 2.41. The van der Waals surface area contributed by atoms with Crippen LogP contribution in [0.1, 0.15) is 50.0 Å². The lowest BCUT2D eigenvalue weighted by Crippen LogP contribution is -2.52. The van der Waals surface area contributed by atoms with Gasteiger partial charge >= 0.3 is 0 Å². The molecule has 3 rings (SSSR count). The lowest BCUT2D eigenvalue weighted by Gasteiger charge is -2.32. The SMILES string of the molecule is CC(C(=O)NC(C)(C)C)N(Cc1ccc(Br)cc1)C(=O)CCN1C(=O)c2ccccc2S1(=O)=O. The van der Waals surface area contributed by atoms with Crippen molar-refractivity contribution in [2.24, 2.45) is 0 Å². The molecule has 0 bridgehead atoms. The maximum absolute atomic E-state index is 13.3. The number of fused-ring (bicyclic) bond motifs is 1. The van der Waals surface area contributed by atoms with E-state index < -0.39 is 33.4 Å². The summed E-state index contributed by atoms with van der Waals surface area (Å²) in [6, 6.07) is 12.5. The second-order valence-corrected chi connectivity index (χ2v) is 11.9. The number of amides is 3. The number of hydrogen-bond donors (Lipinski definition) is 1. The molecular formula is C24H28BrN3O5S. The molecule has 8 nitrogen and oxygen atoms in total. The molecule has 0 aromatic heterocycles. The third kappa shape index (κ3) is 5.67. The van der Waals surface area contributed by atoms with Gasteiger partial charge in [-0.1, -0.05) is 40.2 Å². The Morgan fingerprint density at radius 1 is 1.09 bits per heavy atom. The lowest BCUT2D eigenvalue weighted by atomic mass is 10.1. The quantitative estimate of drug-likeness (QED) is 0.570. The van der Waals surface area contributed by atoms with Gasteiger partial charge in [0, 0.05) is 29.5 Å². The van der Waals surface area contributed by atoms with Gasteiger partial charge in [0.15, 0.2) is 0 Å². The van der Waals surface area contributed by atoms with Crippen molar-refractivity contribution in [1.82, 2.24) is 14.5 Å². The van der Waals surface area contributed by atoms with E-state index in [1.807, 2.05) is 45.0 Å². The maximum atomic E-state index is 13.3. The molecule has 0 saturated heterocycles. The standard InChI is InChI=1S/C24H28BrN3O5S/c1-16(22(30)26-24(2,3)4)27(15-17-9-11-18(25)12-10-17)21(29)13-14-28-23(31)19-7-5-6-8-20(19)34(28,32)33/h5-12,16H,13-15H2,1-4H3,(H,26,30). The van der Waals surface area contributed by atoms with Crippen molar-refractivity contribution in [2.45, 2.75) is 57.1 Å². The molecule has 0 spiro atoms. The van der Waals surface area contributed by atoms with Gasteiger partial charge in [-0.2, -0.15) is 0 Å². The van der Waals surface area contributed by atoms with Gasteiger partial charge in [0.1, 0.15) is 10.9 Å². The van der Waals surface area contributed by atoms with Crippen molar-refractivity contribution in [3.63, 3.8) is 0 Å². The summed E-state index contributed by atoms with van der Waals surface area (Å²) in [6.07, 6.45) is -0.247. The number of rotatable bonds is 7. The van der Waals surface area contributed by atoms with Crippen LogP contribution < -0.4 is 5.32 Å². The Balaban J connectivity index is 1.80. The van der Waals surface area contributed by atoms with Crippen molar-refractivity contribution in [3.05, 3.63) is 64.1 Å². The molecule has 1 aliphatic heterocycles. The smallest absolute Gasteiger partial charge is 0.269 e. The first-order valence-corrected chi connectivity index (χ1v) is 13.1. The number of nitrogens with one attached hydrogen (secondary N) is 1. The van der Waals surface area contributed by atoms with Crippen molar-refractivity contribution in [1.29, 1.82) is 0 Å². The lowest BCUT2D eigenvalue weighted by molar-refractivity contribution is -0.141. The van der Waals surface area contributed by atoms with Gasteiger partial charge in [-0.15, -0.1) is 0 Å². The second-order valence-electron chi connectivity index (χ2n) is 9.19. The molecule has 0 fully saturated rings. The van der Waals surface area contributed by atoms with E-state index in [0.717, 1.165) is 14.3 Å². The maximum Gasteiger partial charge on any atom is 0.269 e. The van der Waals surface area contributed by atoms with Crippen LogP contribution in [0.3, 0.4) is 0 Å². The Bertz CT molecular complexity index is 1210. The molecule has 3 amide bonds. The van der Waals surface area contributed by atoms with Crippen LogP contribution in [-0.2, 0) is 26.2 Å². The molecule has 2 aromatic carbocycles. The monoisotopic (exact) mass is 549 g/mol. The topological polar surface area (TPSA) is 104 Å². The summed E-state index contributed by atoms with van der Waals surface area (Å²) in [4.78, 5) is 40.1.